The van der Waals surface area contributed by atoms with Gasteiger partial charge >= 0.3 is 0 Å². The lowest BCUT2D eigenvalue weighted by Gasteiger charge is -2.18. The van der Waals surface area contributed by atoms with E-state index in [-0.39, 0.29) is 18.2 Å². The number of aliphatic hydroxyl groups is 1. The minimum atomic E-state index is -0.513. The monoisotopic (exact) mass is 240 g/mol. The van der Waals surface area contributed by atoms with Crippen molar-refractivity contribution in [2.75, 3.05) is 24.6 Å². The van der Waals surface area contributed by atoms with Gasteiger partial charge in [0.15, 0.2) is 0 Å². The molecule has 6 heteroatoms. The van der Waals surface area contributed by atoms with Crippen LogP contribution in [0.3, 0.4) is 0 Å². The Hall–Kier alpha value is -1.69. The molecule has 1 unspecified atom stereocenters. The van der Waals surface area contributed by atoms with Crippen molar-refractivity contribution in [3.63, 3.8) is 0 Å². The maximum Gasteiger partial charge on any atom is 0.292 e. The summed E-state index contributed by atoms with van der Waals surface area (Å²) in [6.07, 6.45) is 0.768. The summed E-state index contributed by atoms with van der Waals surface area (Å²) < 4.78 is 13.1. The third-order valence-corrected chi connectivity index (χ3v) is 3.02. The second-order valence-electron chi connectivity index (χ2n) is 4.17. The first-order chi connectivity index (χ1) is 8.11. The van der Waals surface area contributed by atoms with Gasteiger partial charge in [-0.1, -0.05) is 0 Å². The van der Waals surface area contributed by atoms with Crippen molar-refractivity contribution in [1.29, 1.82) is 0 Å². The quantitative estimate of drug-likeness (QED) is 0.643. The molecule has 92 valence electrons. The van der Waals surface area contributed by atoms with Gasteiger partial charge in [-0.05, 0) is 12.5 Å². The molecule has 1 aliphatic heterocycles. The Morgan fingerprint density at radius 1 is 1.59 bits per heavy atom. The number of hydrogen-bond donors (Lipinski definition) is 1. The fourth-order valence-corrected chi connectivity index (χ4v) is 2.10. The fourth-order valence-electron chi connectivity index (χ4n) is 2.10. The minimum absolute atomic E-state index is 0.0552. The summed E-state index contributed by atoms with van der Waals surface area (Å²) in [4.78, 5) is 12.1. The number of nitrogens with zero attached hydrogens (tertiary/aromatic N) is 2. The average Bonchev–Trinajstić information content (AvgIpc) is 2.76. The van der Waals surface area contributed by atoms with Crippen LogP contribution >= 0.6 is 0 Å². The molecule has 0 spiro atoms. The van der Waals surface area contributed by atoms with E-state index < -0.39 is 10.7 Å². The number of hydrogen-bond acceptors (Lipinski definition) is 4. The van der Waals surface area contributed by atoms with Gasteiger partial charge in [0.25, 0.3) is 5.69 Å². The van der Waals surface area contributed by atoms with E-state index in [9.17, 15) is 14.5 Å². The molecule has 1 fully saturated rings. The number of nitro benzene ring substituents is 1. The molecular weight excluding hydrogens is 227 g/mol. The first kappa shape index (κ1) is 11.8. The van der Waals surface area contributed by atoms with E-state index in [0.717, 1.165) is 12.5 Å². The molecule has 0 amide bonds. The van der Waals surface area contributed by atoms with E-state index in [1.54, 1.807) is 4.90 Å². The van der Waals surface area contributed by atoms with Gasteiger partial charge in [0.2, 0.25) is 0 Å². The largest absolute Gasteiger partial charge is 0.396 e. The number of halogens is 1. The van der Waals surface area contributed by atoms with E-state index in [4.69, 9.17) is 5.11 Å². The third-order valence-electron chi connectivity index (χ3n) is 3.02. The van der Waals surface area contributed by atoms with Crippen LogP contribution in [-0.4, -0.2) is 29.7 Å². The normalized spacial score (nSPS) is 19.6. The van der Waals surface area contributed by atoms with Crippen molar-refractivity contribution in [2.24, 2.45) is 5.92 Å². The summed E-state index contributed by atoms with van der Waals surface area (Å²) in [6.45, 7) is 1.19. The van der Waals surface area contributed by atoms with Gasteiger partial charge in [-0.2, -0.15) is 0 Å². The van der Waals surface area contributed by atoms with Crippen molar-refractivity contribution in [3.8, 4) is 0 Å². The van der Waals surface area contributed by atoms with Gasteiger partial charge in [-0.25, -0.2) is 4.39 Å². The molecule has 1 saturated heterocycles. The van der Waals surface area contributed by atoms with Crippen LogP contribution in [0.1, 0.15) is 6.42 Å². The lowest BCUT2D eigenvalue weighted by Crippen LogP contribution is -2.21. The van der Waals surface area contributed by atoms with Crippen molar-refractivity contribution < 1.29 is 14.4 Å². The van der Waals surface area contributed by atoms with Crippen LogP contribution in [0.2, 0.25) is 0 Å². The highest BCUT2D eigenvalue weighted by Gasteiger charge is 2.27. The van der Waals surface area contributed by atoms with Crippen LogP contribution < -0.4 is 4.90 Å². The second-order valence-corrected chi connectivity index (χ2v) is 4.17. The van der Waals surface area contributed by atoms with Crippen LogP contribution in [0.4, 0.5) is 15.8 Å². The molecule has 1 aromatic carbocycles. The number of rotatable bonds is 3. The summed E-state index contributed by atoms with van der Waals surface area (Å²) in [5.41, 5.74) is 0.205. The molecular formula is C11H13FN2O3. The maximum atomic E-state index is 13.1. The van der Waals surface area contributed by atoms with Gasteiger partial charge in [0.1, 0.15) is 11.5 Å². The van der Waals surface area contributed by atoms with Crippen LogP contribution in [-0.2, 0) is 0 Å². The highest BCUT2D eigenvalue weighted by Crippen LogP contribution is 2.32. The average molecular weight is 240 g/mol. The van der Waals surface area contributed by atoms with Crippen LogP contribution in [0.25, 0.3) is 0 Å². The fraction of sp³-hybridized carbons (Fsp3) is 0.455. The van der Waals surface area contributed by atoms with Gasteiger partial charge < -0.3 is 10.0 Å². The predicted octanol–water partition coefficient (Wildman–Crippen LogP) is 1.55. The first-order valence-electron chi connectivity index (χ1n) is 5.41. The molecule has 1 aromatic rings. The molecule has 1 N–H and O–H groups in total. The van der Waals surface area contributed by atoms with Crippen LogP contribution in [0, 0.1) is 21.8 Å². The zero-order valence-corrected chi connectivity index (χ0v) is 9.17. The highest BCUT2D eigenvalue weighted by atomic mass is 19.1. The topological polar surface area (TPSA) is 66.6 Å². The molecule has 5 nitrogen and oxygen atoms in total. The molecule has 0 aromatic heterocycles. The van der Waals surface area contributed by atoms with Gasteiger partial charge in [-0.15, -0.1) is 0 Å². The Bertz CT molecular complexity index is 439. The third kappa shape index (κ3) is 2.36. The van der Waals surface area contributed by atoms with Gasteiger partial charge in [-0.3, -0.25) is 10.1 Å². The van der Waals surface area contributed by atoms with E-state index in [1.165, 1.54) is 12.1 Å². The summed E-state index contributed by atoms with van der Waals surface area (Å²) in [5.74, 6) is -0.379. The molecule has 1 aliphatic rings. The van der Waals surface area contributed by atoms with E-state index in [0.29, 0.717) is 18.8 Å². The molecule has 2 rings (SSSR count). The highest BCUT2D eigenvalue weighted by molar-refractivity contribution is 5.63. The number of anilines is 1. The predicted molar refractivity (Wildman–Crippen MR) is 60.5 cm³/mol. The molecule has 0 radical (unpaired) electrons. The summed E-state index contributed by atoms with van der Waals surface area (Å²) in [5, 5.41) is 19.9. The Kier molecular flexibility index (Phi) is 3.23. The Morgan fingerprint density at radius 2 is 2.35 bits per heavy atom. The molecule has 1 atom stereocenters. The molecule has 0 saturated carbocycles. The first-order valence-corrected chi connectivity index (χ1v) is 5.41. The zero-order valence-electron chi connectivity index (χ0n) is 9.17. The summed E-state index contributed by atoms with van der Waals surface area (Å²) in [7, 11) is 0. The lowest BCUT2D eigenvalue weighted by molar-refractivity contribution is -0.384. The standard InChI is InChI=1S/C11H13FN2O3/c12-9-1-2-10(14(16)17)11(5-9)13-4-3-8(6-13)7-15/h1-2,5,8,15H,3-4,6-7H2. The lowest BCUT2D eigenvalue weighted by atomic mass is 10.1. The minimum Gasteiger partial charge on any atom is -0.396 e. The Morgan fingerprint density at radius 3 is 2.94 bits per heavy atom. The second kappa shape index (κ2) is 4.67. The summed E-state index contributed by atoms with van der Waals surface area (Å²) in [6, 6.07) is 3.44. The van der Waals surface area contributed by atoms with Gasteiger partial charge in [0.05, 0.1) is 4.92 Å². The molecule has 17 heavy (non-hydrogen) atoms. The van der Waals surface area contributed by atoms with Crippen molar-refractivity contribution in [1.82, 2.24) is 0 Å². The van der Waals surface area contributed by atoms with E-state index in [1.807, 2.05) is 0 Å². The maximum absolute atomic E-state index is 13.1. The van der Waals surface area contributed by atoms with Crippen LogP contribution in [0.5, 0.6) is 0 Å². The molecule has 0 bridgehead atoms. The van der Waals surface area contributed by atoms with Crippen molar-refractivity contribution in [2.45, 2.75) is 6.42 Å². The molecule has 0 aliphatic carbocycles. The zero-order chi connectivity index (χ0) is 12.4. The van der Waals surface area contributed by atoms with E-state index in [2.05, 4.69) is 0 Å². The SMILES string of the molecule is O=[N+]([O-])c1ccc(F)cc1N1CCC(CO)C1. The van der Waals surface area contributed by atoms with Crippen LogP contribution in [0.15, 0.2) is 18.2 Å². The van der Waals surface area contributed by atoms with E-state index >= 15 is 0 Å². The van der Waals surface area contributed by atoms with Crippen molar-refractivity contribution in [3.05, 3.63) is 34.1 Å². The van der Waals surface area contributed by atoms with Crippen molar-refractivity contribution >= 4 is 11.4 Å². The Balaban J connectivity index is 2.31. The number of nitro groups is 1. The molecule has 1 heterocycles. The summed E-state index contributed by atoms with van der Waals surface area (Å²) >= 11 is 0. The Labute approximate surface area is 97.6 Å². The van der Waals surface area contributed by atoms with Gasteiger partial charge in [0, 0.05) is 37.7 Å². The smallest absolute Gasteiger partial charge is 0.292 e. The number of benzene rings is 1. The number of aliphatic hydroxyl groups excluding tert-OH is 1.